The van der Waals surface area contributed by atoms with Gasteiger partial charge in [-0.2, -0.15) is 0 Å². The number of halogens is 2. The topological polar surface area (TPSA) is 86.5 Å². The molecule has 0 heterocycles. The zero-order chi connectivity index (χ0) is 14.2. The molecule has 0 bridgehead atoms. The third kappa shape index (κ3) is 3.68. The fourth-order valence-corrected chi connectivity index (χ4v) is 2.80. The van der Waals surface area contributed by atoms with E-state index in [1.165, 1.54) is 6.07 Å². The highest BCUT2D eigenvalue weighted by Gasteiger charge is 2.25. The number of primary sulfonamides is 1. The monoisotopic (exact) mass is 367 g/mol. The molecule has 5 nitrogen and oxygen atoms in total. The van der Waals surface area contributed by atoms with E-state index >= 15 is 0 Å². The van der Waals surface area contributed by atoms with Crippen LogP contribution in [0.4, 0.5) is 0 Å². The van der Waals surface area contributed by atoms with Crippen molar-refractivity contribution in [1.29, 1.82) is 0 Å². The quantitative estimate of drug-likeness (QED) is 0.826. The summed E-state index contributed by atoms with van der Waals surface area (Å²) in [7, 11) is -3.91. The zero-order valence-electron chi connectivity index (χ0n) is 9.73. The Morgan fingerprint density at radius 1 is 1.47 bits per heavy atom. The van der Waals surface area contributed by atoms with Gasteiger partial charge in [-0.05, 0) is 46.8 Å². The van der Waals surface area contributed by atoms with Crippen molar-refractivity contribution in [1.82, 2.24) is 0 Å². The average Bonchev–Trinajstić information content (AvgIpc) is 3.11. The Morgan fingerprint density at radius 3 is 2.63 bits per heavy atom. The van der Waals surface area contributed by atoms with Gasteiger partial charge in [0.25, 0.3) is 0 Å². The first-order valence-corrected chi connectivity index (χ1v) is 8.19. The lowest BCUT2D eigenvalue weighted by Gasteiger charge is -2.09. The summed E-state index contributed by atoms with van der Waals surface area (Å²) in [4.78, 5) is 11.7. The molecule has 19 heavy (non-hydrogen) atoms. The third-order valence-electron chi connectivity index (χ3n) is 2.70. The summed E-state index contributed by atoms with van der Waals surface area (Å²) in [6.07, 6.45) is 2.09. The fourth-order valence-electron chi connectivity index (χ4n) is 1.43. The first-order valence-electron chi connectivity index (χ1n) is 5.48. The number of benzene rings is 1. The van der Waals surface area contributed by atoms with Crippen LogP contribution in [0.25, 0.3) is 0 Å². The first-order chi connectivity index (χ1) is 8.79. The highest BCUT2D eigenvalue weighted by atomic mass is 79.9. The maximum Gasteiger partial charge on any atom is 0.339 e. The van der Waals surface area contributed by atoms with Gasteiger partial charge >= 0.3 is 5.97 Å². The molecule has 1 saturated carbocycles. The fraction of sp³-hybridized carbons (Fsp3) is 0.364. The second-order valence-electron chi connectivity index (χ2n) is 4.35. The van der Waals surface area contributed by atoms with Gasteiger partial charge in [-0.15, -0.1) is 0 Å². The second-order valence-corrected chi connectivity index (χ2v) is 7.15. The largest absolute Gasteiger partial charge is 0.462 e. The van der Waals surface area contributed by atoms with Crippen LogP contribution in [-0.2, 0) is 14.8 Å². The lowest BCUT2D eigenvalue weighted by Crippen LogP contribution is -2.15. The number of hydrogen-bond donors (Lipinski definition) is 1. The van der Waals surface area contributed by atoms with Crippen LogP contribution in [0, 0.1) is 5.92 Å². The van der Waals surface area contributed by atoms with Gasteiger partial charge in [-0.1, -0.05) is 11.6 Å². The molecular formula is C11H11BrClNO4S. The summed E-state index contributed by atoms with van der Waals surface area (Å²) >= 11 is 9.05. The summed E-state index contributed by atoms with van der Waals surface area (Å²) in [6.45, 7) is 0.326. The number of rotatable bonds is 4. The summed E-state index contributed by atoms with van der Waals surface area (Å²) in [5.41, 5.74) is -0.0132. The van der Waals surface area contributed by atoms with Crippen molar-refractivity contribution in [3.05, 3.63) is 27.2 Å². The number of carbonyl (C=O) groups is 1. The smallest absolute Gasteiger partial charge is 0.339 e. The van der Waals surface area contributed by atoms with E-state index in [-0.39, 0.29) is 20.0 Å². The Hall–Kier alpha value is -0.630. The van der Waals surface area contributed by atoms with Gasteiger partial charge in [-0.3, -0.25) is 0 Å². The lowest BCUT2D eigenvalue weighted by atomic mass is 10.2. The molecule has 0 amide bonds. The highest BCUT2D eigenvalue weighted by Crippen LogP contribution is 2.32. The number of carbonyl (C=O) groups excluding carboxylic acids is 1. The molecule has 1 aromatic rings. The van der Waals surface area contributed by atoms with E-state index in [1.807, 2.05) is 0 Å². The van der Waals surface area contributed by atoms with Gasteiger partial charge in [0.05, 0.1) is 22.1 Å². The molecule has 0 radical (unpaired) electrons. The minimum atomic E-state index is -3.91. The first kappa shape index (κ1) is 14.8. The van der Waals surface area contributed by atoms with Crippen molar-refractivity contribution in [3.8, 4) is 0 Å². The van der Waals surface area contributed by atoms with E-state index < -0.39 is 16.0 Å². The van der Waals surface area contributed by atoms with Crippen LogP contribution in [-0.4, -0.2) is 21.0 Å². The number of hydrogen-bond acceptors (Lipinski definition) is 4. The number of esters is 1. The molecule has 8 heteroatoms. The second kappa shape index (κ2) is 5.40. The SMILES string of the molecule is NS(=O)(=O)c1cc(Br)c(Cl)c(C(=O)OCC2CC2)c1. The predicted octanol–water partition coefficient (Wildman–Crippen LogP) is 2.32. The van der Waals surface area contributed by atoms with Crippen molar-refractivity contribution >= 4 is 43.5 Å². The molecule has 2 rings (SSSR count). The molecule has 0 atom stereocenters. The van der Waals surface area contributed by atoms with Crippen molar-refractivity contribution in [2.24, 2.45) is 11.1 Å². The number of nitrogens with two attached hydrogens (primary N) is 1. The molecule has 1 aliphatic carbocycles. The van der Waals surface area contributed by atoms with Crippen molar-refractivity contribution in [2.75, 3.05) is 6.61 Å². The van der Waals surface area contributed by atoms with Crippen molar-refractivity contribution < 1.29 is 17.9 Å². The maximum atomic E-state index is 11.9. The van der Waals surface area contributed by atoms with Crippen LogP contribution in [0.2, 0.25) is 5.02 Å². The van der Waals surface area contributed by atoms with E-state index in [4.69, 9.17) is 21.5 Å². The minimum absolute atomic E-state index is 0.0132. The van der Waals surface area contributed by atoms with Gasteiger partial charge in [0.15, 0.2) is 0 Å². The van der Waals surface area contributed by atoms with Crippen LogP contribution in [0.15, 0.2) is 21.5 Å². The average molecular weight is 369 g/mol. The van der Waals surface area contributed by atoms with Crippen LogP contribution >= 0.6 is 27.5 Å². The maximum absolute atomic E-state index is 11.9. The molecule has 1 aliphatic rings. The molecule has 1 aromatic carbocycles. The van der Waals surface area contributed by atoms with Crippen LogP contribution in [0.1, 0.15) is 23.2 Å². The normalized spacial score (nSPS) is 15.3. The van der Waals surface area contributed by atoms with E-state index in [0.29, 0.717) is 12.5 Å². The highest BCUT2D eigenvalue weighted by molar-refractivity contribution is 9.10. The molecule has 0 aliphatic heterocycles. The molecular weight excluding hydrogens is 358 g/mol. The van der Waals surface area contributed by atoms with Gasteiger partial charge in [0.2, 0.25) is 10.0 Å². The van der Waals surface area contributed by atoms with Gasteiger partial charge in [0.1, 0.15) is 0 Å². The molecule has 0 spiro atoms. The van der Waals surface area contributed by atoms with Gasteiger partial charge < -0.3 is 4.74 Å². The molecule has 2 N–H and O–H groups in total. The number of sulfonamides is 1. The molecule has 104 valence electrons. The van der Waals surface area contributed by atoms with E-state index in [9.17, 15) is 13.2 Å². The Bertz CT molecular complexity index is 628. The summed E-state index contributed by atoms with van der Waals surface area (Å²) in [5.74, 6) is -0.240. The minimum Gasteiger partial charge on any atom is -0.462 e. The lowest BCUT2D eigenvalue weighted by molar-refractivity contribution is 0.0486. The van der Waals surface area contributed by atoms with E-state index in [1.54, 1.807) is 0 Å². The predicted molar refractivity (Wildman–Crippen MR) is 73.5 cm³/mol. The Morgan fingerprint density at radius 2 is 2.11 bits per heavy atom. The summed E-state index contributed by atoms with van der Waals surface area (Å²) in [5, 5.41) is 5.14. The molecule has 0 saturated heterocycles. The Labute approximate surface area is 124 Å². The van der Waals surface area contributed by atoms with Crippen molar-refractivity contribution in [3.63, 3.8) is 0 Å². The summed E-state index contributed by atoms with van der Waals surface area (Å²) < 4.78 is 28.0. The van der Waals surface area contributed by atoms with Gasteiger partial charge in [-0.25, -0.2) is 18.4 Å². The standard InChI is InChI=1S/C11H11BrClNO4S/c12-9-4-7(19(14,16)17)3-8(10(9)13)11(15)18-5-6-1-2-6/h3-4,6H,1-2,5H2,(H2,14,16,17). The van der Waals surface area contributed by atoms with E-state index in [0.717, 1.165) is 18.9 Å². The summed E-state index contributed by atoms with van der Waals surface area (Å²) in [6, 6.07) is 2.37. The Balaban J connectivity index is 2.31. The Kier molecular flexibility index (Phi) is 4.20. The molecule has 1 fully saturated rings. The van der Waals surface area contributed by atoms with Gasteiger partial charge in [0, 0.05) is 4.47 Å². The zero-order valence-corrected chi connectivity index (χ0v) is 12.9. The number of ether oxygens (including phenoxy) is 1. The van der Waals surface area contributed by atoms with E-state index in [2.05, 4.69) is 15.9 Å². The molecule has 0 unspecified atom stereocenters. The van der Waals surface area contributed by atoms with Crippen molar-refractivity contribution in [2.45, 2.75) is 17.7 Å². The molecule has 0 aromatic heterocycles. The van der Waals surface area contributed by atoms with Crippen LogP contribution in [0.3, 0.4) is 0 Å². The third-order valence-corrected chi connectivity index (χ3v) is 4.85. The van der Waals surface area contributed by atoms with Crippen LogP contribution < -0.4 is 5.14 Å². The van der Waals surface area contributed by atoms with Crippen LogP contribution in [0.5, 0.6) is 0 Å².